The molecule has 4 rings (SSSR count). The first-order valence-electron chi connectivity index (χ1n) is 8.91. The third-order valence-electron chi connectivity index (χ3n) is 4.16. The van der Waals surface area contributed by atoms with Gasteiger partial charge >= 0.3 is 0 Å². The summed E-state index contributed by atoms with van der Waals surface area (Å²) < 4.78 is 1.62. The second kappa shape index (κ2) is 8.94. The van der Waals surface area contributed by atoms with E-state index in [4.69, 9.17) is 11.6 Å². The van der Waals surface area contributed by atoms with Crippen LogP contribution in [0.1, 0.15) is 15.9 Å². The molecule has 0 radical (unpaired) electrons. The summed E-state index contributed by atoms with van der Waals surface area (Å²) in [5, 5.41) is 7.76. The first kappa shape index (κ1) is 19.2. The van der Waals surface area contributed by atoms with E-state index in [0.29, 0.717) is 10.6 Å². The van der Waals surface area contributed by atoms with Crippen LogP contribution in [0.5, 0.6) is 0 Å². The van der Waals surface area contributed by atoms with Crippen LogP contribution in [0.15, 0.2) is 90.3 Å². The first-order valence-corrected chi connectivity index (χ1v) is 10.3. The summed E-state index contributed by atoms with van der Waals surface area (Å²) in [6.45, 7) is 0. The molecule has 29 heavy (non-hydrogen) atoms. The molecule has 0 aliphatic heterocycles. The molecule has 0 unspecified atom stereocenters. The Hall–Kier alpha value is -3.09. The molecule has 0 fully saturated rings. The molecule has 1 amide bonds. The second-order valence-electron chi connectivity index (χ2n) is 6.28. The van der Waals surface area contributed by atoms with E-state index in [1.54, 1.807) is 41.0 Å². The Morgan fingerprint density at radius 1 is 1.07 bits per heavy atom. The molecular formula is C22H17ClN4OS. The fraction of sp³-hybridized carbons (Fsp3) is 0.0455. The van der Waals surface area contributed by atoms with Crippen molar-refractivity contribution in [2.45, 2.75) is 10.6 Å². The molecule has 2 aromatic heterocycles. The molecule has 0 bridgehead atoms. The molecular weight excluding hydrogens is 404 g/mol. The van der Waals surface area contributed by atoms with Crippen LogP contribution in [0.3, 0.4) is 0 Å². The number of carbonyl (C=O) groups is 1. The molecule has 4 aromatic rings. The summed E-state index contributed by atoms with van der Waals surface area (Å²) in [4.78, 5) is 17.8. The Kier molecular flexibility index (Phi) is 5.93. The Morgan fingerprint density at radius 2 is 1.93 bits per heavy atom. The summed E-state index contributed by atoms with van der Waals surface area (Å²) in [5.74, 6) is 0.636. The Labute approximate surface area is 177 Å². The van der Waals surface area contributed by atoms with E-state index in [2.05, 4.69) is 21.5 Å². The van der Waals surface area contributed by atoms with Gasteiger partial charge in [0.15, 0.2) is 0 Å². The number of benzene rings is 2. The van der Waals surface area contributed by atoms with Crippen molar-refractivity contribution < 1.29 is 4.79 Å². The molecule has 0 aliphatic carbocycles. The van der Waals surface area contributed by atoms with Crippen molar-refractivity contribution in [1.29, 1.82) is 0 Å². The van der Waals surface area contributed by atoms with Crippen LogP contribution < -0.4 is 5.32 Å². The number of aromatic nitrogens is 3. The molecule has 0 saturated heterocycles. The topological polar surface area (TPSA) is 59.8 Å². The van der Waals surface area contributed by atoms with Crippen LogP contribution in [0.25, 0.3) is 5.69 Å². The Balaban J connectivity index is 1.37. The summed E-state index contributed by atoms with van der Waals surface area (Å²) >= 11 is 7.74. The minimum absolute atomic E-state index is 0.214. The van der Waals surface area contributed by atoms with E-state index in [9.17, 15) is 4.79 Å². The molecule has 7 heteroatoms. The van der Waals surface area contributed by atoms with Gasteiger partial charge in [0.25, 0.3) is 5.91 Å². The van der Waals surface area contributed by atoms with Gasteiger partial charge in [0.1, 0.15) is 0 Å². The Morgan fingerprint density at radius 3 is 2.69 bits per heavy atom. The average molecular weight is 421 g/mol. The number of anilines is 1. The highest BCUT2D eigenvalue weighted by Crippen LogP contribution is 2.24. The maximum atomic E-state index is 12.5. The third-order valence-corrected chi connectivity index (χ3v) is 5.48. The monoisotopic (exact) mass is 420 g/mol. The molecule has 5 nitrogen and oxygen atoms in total. The van der Waals surface area contributed by atoms with Gasteiger partial charge in [-0.05, 0) is 54.1 Å². The van der Waals surface area contributed by atoms with Crippen LogP contribution >= 0.6 is 23.4 Å². The van der Waals surface area contributed by atoms with Crippen molar-refractivity contribution in [3.63, 3.8) is 0 Å². The van der Waals surface area contributed by atoms with Gasteiger partial charge in [-0.15, -0.1) is 11.8 Å². The highest BCUT2D eigenvalue weighted by molar-refractivity contribution is 7.98. The van der Waals surface area contributed by atoms with Crippen LogP contribution in [0, 0.1) is 0 Å². The molecule has 144 valence electrons. The van der Waals surface area contributed by atoms with Crippen LogP contribution in [0.4, 0.5) is 5.69 Å². The summed E-state index contributed by atoms with van der Waals surface area (Å²) in [6, 6.07) is 19.1. The van der Waals surface area contributed by atoms with Gasteiger partial charge in [-0.3, -0.25) is 9.78 Å². The lowest BCUT2D eigenvalue weighted by molar-refractivity contribution is 0.102. The predicted octanol–water partition coefficient (Wildman–Crippen LogP) is 5.47. The molecule has 2 aromatic carbocycles. The van der Waals surface area contributed by atoms with Gasteiger partial charge < -0.3 is 5.32 Å². The van der Waals surface area contributed by atoms with Gasteiger partial charge in [-0.25, -0.2) is 4.68 Å². The minimum Gasteiger partial charge on any atom is -0.322 e. The van der Waals surface area contributed by atoms with Crippen molar-refractivity contribution >= 4 is 35.0 Å². The smallest absolute Gasteiger partial charge is 0.258 e. The lowest BCUT2D eigenvalue weighted by Crippen LogP contribution is -2.10. The number of pyridine rings is 1. The van der Waals surface area contributed by atoms with E-state index in [1.807, 2.05) is 48.7 Å². The summed E-state index contributed by atoms with van der Waals surface area (Å²) in [7, 11) is 0. The van der Waals surface area contributed by atoms with E-state index >= 15 is 0 Å². The van der Waals surface area contributed by atoms with Gasteiger partial charge in [-0.1, -0.05) is 23.7 Å². The van der Waals surface area contributed by atoms with Crippen molar-refractivity contribution in [2.24, 2.45) is 0 Å². The normalized spacial score (nSPS) is 10.7. The van der Waals surface area contributed by atoms with E-state index in [-0.39, 0.29) is 5.91 Å². The molecule has 0 atom stereocenters. The zero-order valence-corrected chi connectivity index (χ0v) is 16.9. The number of carbonyl (C=O) groups excluding carboxylic acids is 1. The largest absolute Gasteiger partial charge is 0.322 e. The number of hydrogen-bond acceptors (Lipinski definition) is 4. The lowest BCUT2D eigenvalue weighted by Gasteiger charge is -2.06. The molecule has 0 aliphatic rings. The first-order chi connectivity index (χ1) is 14.2. The highest BCUT2D eigenvalue weighted by Gasteiger charge is 2.10. The van der Waals surface area contributed by atoms with Crippen LogP contribution in [-0.2, 0) is 5.75 Å². The number of nitrogens with one attached hydrogen (secondary N) is 1. The number of thioether (sulfide) groups is 1. The standard InChI is InChI=1S/C22H17ClN4OS/c23-18-4-1-5-20(11-18)27-14-17(13-25-27)22(28)26-19-6-8-21(9-7-19)29-15-16-3-2-10-24-12-16/h1-14H,15H2,(H,26,28). The van der Waals surface area contributed by atoms with Crippen molar-refractivity contribution in [1.82, 2.24) is 14.8 Å². The molecule has 1 N–H and O–H groups in total. The molecule has 0 saturated carbocycles. The summed E-state index contributed by atoms with van der Waals surface area (Å²) in [5.41, 5.74) is 3.18. The fourth-order valence-corrected chi connectivity index (χ4v) is 3.70. The van der Waals surface area contributed by atoms with E-state index in [1.165, 1.54) is 11.8 Å². The van der Waals surface area contributed by atoms with E-state index < -0.39 is 0 Å². The SMILES string of the molecule is O=C(Nc1ccc(SCc2cccnc2)cc1)c1cnn(-c2cccc(Cl)c2)c1. The number of halogens is 1. The zero-order chi connectivity index (χ0) is 20.1. The lowest BCUT2D eigenvalue weighted by atomic mass is 10.3. The van der Waals surface area contributed by atoms with Crippen molar-refractivity contribution in [3.05, 3.63) is 102 Å². The van der Waals surface area contributed by atoms with Crippen LogP contribution in [-0.4, -0.2) is 20.7 Å². The minimum atomic E-state index is -0.214. The van der Waals surface area contributed by atoms with E-state index in [0.717, 1.165) is 22.0 Å². The summed E-state index contributed by atoms with van der Waals surface area (Å²) in [6.07, 6.45) is 6.85. The van der Waals surface area contributed by atoms with Gasteiger partial charge in [-0.2, -0.15) is 5.10 Å². The van der Waals surface area contributed by atoms with Gasteiger partial charge in [0, 0.05) is 39.9 Å². The van der Waals surface area contributed by atoms with Crippen molar-refractivity contribution in [3.8, 4) is 5.69 Å². The van der Waals surface area contributed by atoms with Crippen molar-refractivity contribution in [2.75, 3.05) is 5.32 Å². The highest BCUT2D eigenvalue weighted by atomic mass is 35.5. The van der Waals surface area contributed by atoms with Gasteiger partial charge in [0.05, 0.1) is 17.4 Å². The fourth-order valence-electron chi connectivity index (χ4n) is 2.69. The predicted molar refractivity (Wildman–Crippen MR) is 117 cm³/mol. The second-order valence-corrected chi connectivity index (χ2v) is 7.77. The quantitative estimate of drug-likeness (QED) is 0.420. The zero-order valence-electron chi connectivity index (χ0n) is 15.3. The number of rotatable bonds is 6. The average Bonchev–Trinajstić information content (AvgIpc) is 3.25. The maximum absolute atomic E-state index is 12.5. The number of nitrogens with zero attached hydrogens (tertiary/aromatic N) is 3. The third kappa shape index (κ3) is 5.04. The molecule has 2 heterocycles. The van der Waals surface area contributed by atoms with Gasteiger partial charge in [0.2, 0.25) is 0 Å². The maximum Gasteiger partial charge on any atom is 0.258 e. The number of hydrogen-bond donors (Lipinski definition) is 1. The Bertz CT molecular complexity index is 1110. The molecule has 0 spiro atoms. The number of amides is 1. The van der Waals surface area contributed by atoms with Crippen LogP contribution in [0.2, 0.25) is 5.02 Å².